The van der Waals surface area contributed by atoms with Crippen LogP contribution in [-0.4, -0.2) is 26.9 Å². The zero-order chi connectivity index (χ0) is 19.1. The molecule has 26 heavy (non-hydrogen) atoms. The molecule has 2 aromatic rings. The van der Waals surface area contributed by atoms with Gasteiger partial charge in [0.1, 0.15) is 17.7 Å². The van der Waals surface area contributed by atoms with Gasteiger partial charge in [0.15, 0.2) is 0 Å². The molecule has 1 aliphatic heterocycles. The van der Waals surface area contributed by atoms with Crippen molar-refractivity contribution in [1.29, 1.82) is 0 Å². The fourth-order valence-electron chi connectivity index (χ4n) is 3.09. The van der Waals surface area contributed by atoms with Crippen molar-refractivity contribution in [3.63, 3.8) is 0 Å². The Labute approximate surface area is 150 Å². The second-order valence-electron chi connectivity index (χ2n) is 6.40. The minimum absolute atomic E-state index is 0.267. The molecule has 5 nitrogen and oxygen atoms in total. The Morgan fingerprint density at radius 1 is 1.00 bits per heavy atom. The fourth-order valence-corrected chi connectivity index (χ4v) is 4.36. The van der Waals surface area contributed by atoms with Crippen molar-refractivity contribution in [2.24, 2.45) is 0 Å². The highest BCUT2D eigenvalue weighted by atomic mass is 32.2. The summed E-state index contributed by atoms with van der Waals surface area (Å²) in [6.07, 6.45) is 0.267. The summed E-state index contributed by atoms with van der Waals surface area (Å²) in [5.74, 6) is -2.39. The molecule has 0 aromatic heterocycles. The van der Waals surface area contributed by atoms with Gasteiger partial charge in [-0.2, -0.15) is 4.72 Å². The normalized spacial score (nSPS) is 17.8. The average molecular weight is 380 g/mol. The standard InChI is InChI=1S/C18H18F2N2O3S/c1-11-5-12(2)7-15(6-11)22-4-3-17(18(22)23)21-26(24,25)16-9-13(19)8-14(20)10-16/h5-10,17,21H,3-4H2,1-2H3/t17-/m0/s1. The first kappa shape index (κ1) is 18.5. The highest BCUT2D eigenvalue weighted by molar-refractivity contribution is 7.89. The van der Waals surface area contributed by atoms with E-state index in [9.17, 15) is 22.0 Å². The van der Waals surface area contributed by atoms with Crippen LogP contribution in [0.15, 0.2) is 41.3 Å². The highest BCUT2D eigenvalue weighted by Crippen LogP contribution is 2.25. The van der Waals surface area contributed by atoms with E-state index in [1.807, 2.05) is 32.0 Å². The summed E-state index contributed by atoms with van der Waals surface area (Å²) >= 11 is 0. The number of hydrogen-bond donors (Lipinski definition) is 1. The van der Waals surface area contributed by atoms with E-state index in [0.717, 1.165) is 11.1 Å². The molecule has 1 aliphatic rings. The van der Waals surface area contributed by atoms with E-state index in [1.54, 1.807) is 0 Å². The van der Waals surface area contributed by atoms with Crippen LogP contribution in [0.2, 0.25) is 0 Å². The molecular weight excluding hydrogens is 362 g/mol. The lowest BCUT2D eigenvalue weighted by molar-refractivity contribution is -0.118. The fraction of sp³-hybridized carbons (Fsp3) is 0.278. The maximum Gasteiger partial charge on any atom is 0.245 e. The van der Waals surface area contributed by atoms with Crippen molar-refractivity contribution < 1.29 is 22.0 Å². The van der Waals surface area contributed by atoms with Crippen LogP contribution in [0.1, 0.15) is 17.5 Å². The molecule has 0 spiro atoms. The Balaban J connectivity index is 1.82. The van der Waals surface area contributed by atoms with Gasteiger partial charge >= 0.3 is 0 Å². The molecule has 0 bridgehead atoms. The quantitative estimate of drug-likeness (QED) is 0.887. The van der Waals surface area contributed by atoms with Crippen molar-refractivity contribution in [2.75, 3.05) is 11.4 Å². The van der Waals surface area contributed by atoms with Crippen molar-refractivity contribution >= 4 is 21.6 Å². The number of carbonyl (C=O) groups is 1. The second kappa shape index (κ2) is 6.77. The maximum absolute atomic E-state index is 13.3. The van der Waals surface area contributed by atoms with E-state index < -0.39 is 38.5 Å². The lowest BCUT2D eigenvalue weighted by Crippen LogP contribution is -2.41. The van der Waals surface area contributed by atoms with Crippen LogP contribution in [0, 0.1) is 25.5 Å². The Bertz CT molecular complexity index is 936. The number of nitrogens with one attached hydrogen (secondary N) is 1. The minimum atomic E-state index is -4.22. The van der Waals surface area contributed by atoms with Gasteiger partial charge in [-0.15, -0.1) is 0 Å². The first-order valence-corrected chi connectivity index (χ1v) is 9.52. The van der Waals surface area contributed by atoms with Crippen molar-refractivity contribution in [1.82, 2.24) is 4.72 Å². The summed E-state index contributed by atoms with van der Waals surface area (Å²) in [5, 5.41) is 0. The summed E-state index contributed by atoms with van der Waals surface area (Å²) < 4.78 is 53.6. The number of amides is 1. The van der Waals surface area contributed by atoms with Gasteiger partial charge in [0.25, 0.3) is 0 Å². The zero-order valence-corrected chi connectivity index (χ0v) is 15.1. The van der Waals surface area contributed by atoms with Crippen LogP contribution < -0.4 is 9.62 Å². The number of aryl methyl sites for hydroxylation is 2. The molecule has 1 atom stereocenters. The summed E-state index contributed by atoms with van der Waals surface area (Å²) in [4.78, 5) is 13.6. The Hall–Kier alpha value is -2.32. The molecule has 1 saturated heterocycles. The number of anilines is 1. The Morgan fingerprint density at radius 3 is 2.15 bits per heavy atom. The molecule has 8 heteroatoms. The van der Waals surface area contributed by atoms with Crippen LogP contribution in [0.4, 0.5) is 14.5 Å². The number of rotatable bonds is 4. The summed E-state index contributed by atoms with van der Waals surface area (Å²) in [7, 11) is -4.22. The highest BCUT2D eigenvalue weighted by Gasteiger charge is 2.36. The van der Waals surface area contributed by atoms with Gasteiger partial charge in [0.2, 0.25) is 15.9 Å². The molecule has 0 saturated carbocycles. The maximum atomic E-state index is 13.3. The topological polar surface area (TPSA) is 66.5 Å². The van der Waals surface area contributed by atoms with Gasteiger partial charge in [-0.25, -0.2) is 17.2 Å². The van der Waals surface area contributed by atoms with E-state index in [2.05, 4.69) is 4.72 Å². The zero-order valence-electron chi connectivity index (χ0n) is 14.3. The third-order valence-electron chi connectivity index (χ3n) is 4.17. The molecular formula is C18H18F2N2O3S. The number of benzene rings is 2. The molecule has 1 heterocycles. The van der Waals surface area contributed by atoms with E-state index in [-0.39, 0.29) is 6.42 Å². The number of nitrogens with zero attached hydrogens (tertiary/aromatic N) is 1. The molecule has 0 radical (unpaired) electrons. The Kier molecular flexibility index (Phi) is 4.81. The summed E-state index contributed by atoms with van der Waals surface area (Å²) in [5.41, 5.74) is 2.69. The third-order valence-corrected chi connectivity index (χ3v) is 5.62. The number of hydrogen-bond acceptors (Lipinski definition) is 3. The molecule has 1 N–H and O–H groups in total. The van der Waals surface area contributed by atoms with Gasteiger partial charge in [0, 0.05) is 18.3 Å². The SMILES string of the molecule is Cc1cc(C)cc(N2CC[C@H](NS(=O)(=O)c3cc(F)cc(F)c3)C2=O)c1. The predicted molar refractivity (Wildman–Crippen MR) is 93.4 cm³/mol. The van der Waals surface area contributed by atoms with E-state index in [1.165, 1.54) is 4.90 Å². The second-order valence-corrected chi connectivity index (χ2v) is 8.12. The van der Waals surface area contributed by atoms with Crippen LogP contribution in [-0.2, 0) is 14.8 Å². The summed E-state index contributed by atoms with van der Waals surface area (Å²) in [6, 6.07) is 6.71. The van der Waals surface area contributed by atoms with Crippen molar-refractivity contribution in [3.05, 3.63) is 59.2 Å². The van der Waals surface area contributed by atoms with Gasteiger partial charge in [-0.05, 0) is 55.7 Å². The summed E-state index contributed by atoms with van der Waals surface area (Å²) in [6.45, 7) is 4.18. The minimum Gasteiger partial charge on any atom is -0.311 e. The van der Waals surface area contributed by atoms with Crippen molar-refractivity contribution in [3.8, 4) is 0 Å². The van der Waals surface area contributed by atoms with Crippen molar-refractivity contribution in [2.45, 2.75) is 31.2 Å². The van der Waals surface area contributed by atoms with Crippen LogP contribution in [0.25, 0.3) is 0 Å². The molecule has 1 amide bonds. The van der Waals surface area contributed by atoms with E-state index in [4.69, 9.17) is 0 Å². The molecule has 138 valence electrons. The van der Waals surface area contributed by atoms with Gasteiger partial charge in [0.05, 0.1) is 4.90 Å². The predicted octanol–water partition coefficient (Wildman–Crippen LogP) is 2.67. The first-order valence-electron chi connectivity index (χ1n) is 8.04. The molecule has 0 aliphatic carbocycles. The number of sulfonamides is 1. The average Bonchev–Trinajstić information content (AvgIpc) is 2.86. The van der Waals surface area contributed by atoms with Gasteiger partial charge in [-0.1, -0.05) is 6.07 Å². The molecule has 1 fully saturated rings. The van der Waals surface area contributed by atoms with Crippen LogP contribution >= 0.6 is 0 Å². The van der Waals surface area contributed by atoms with Gasteiger partial charge < -0.3 is 4.90 Å². The van der Waals surface area contributed by atoms with E-state index in [0.29, 0.717) is 30.4 Å². The molecule has 0 unspecified atom stereocenters. The lowest BCUT2D eigenvalue weighted by atomic mass is 10.1. The Morgan fingerprint density at radius 2 is 1.58 bits per heavy atom. The van der Waals surface area contributed by atoms with E-state index >= 15 is 0 Å². The smallest absolute Gasteiger partial charge is 0.245 e. The lowest BCUT2D eigenvalue weighted by Gasteiger charge is -2.18. The first-order chi connectivity index (χ1) is 12.2. The number of halogens is 2. The third kappa shape index (κ3) is 3.76. The molecule has 3 rings (SSSR count). The largest absolute Gasteiger partial charge is 0.311 e. The van der Waals surface area contributed by atoms with Crippen LogP contribution in [0.5, 0.6) is 0 Å². The molecule has 2 aromatic carbocycles. The number of carbonyl (C=O) groups excluding carboxylic acids is 1. The van der Waals surface area contributed by atoms with Crippen LogP contribution in [0.3, 0.4) is 0 Å². The van der Waals surface area contributed by atoms with Gasteiger partial charge in [-0.3, -0.25) is 4.79 Å². The monoisotopic (exact) mass is 380 g/mol.